The lowest BCUT2D eigenvalue weighted by molar-refractivity contribution is -0.108. The first-order valence-electron chi connectivity index (χ1n) is 4.13. The van der Waals surface area contributed by atoms with Crippen LogP contribution in [0.15, 0.2) is 23.3 Å². The van der Waals surface area contributed by atoms with Crippen LogP contribution in [0.25, 0.3) is 0 Å². The van der Waals surface area contributed by atoms with Crippen LogP contribution in [0.3, 0.4) is 0 Å². The average Bonchev–Trinajstić information content (AvgIpc) is 2.52. The zero-order valence-corrected chi connectivity index (χ0v) is 7.21. The number of hydrogen-bond acceptors (Lipinski definition) is 1. The number of amides is 1. The molecule has 0 bridgehead atoms. The van der Waals surface area contributed by atoms with Gasteiger partial charge in [0.1, 0.15) is 0 Å². The Kier molecular flexibility index (Phi) is 3.33. The summed E-state index contributed by atoms with van der Waals surface area (Å²) < 4.78 is 0. The van der Waals surface area contributed by atoms with Crippen LogP contribution in [-0.4, -0.2) is 6.41 Å². The van der Waals surface area contributed by atoms with Crippen molar-refractivity contribution in [3.63, 3.8) is 0 Å². The van der Waals surface area contributed by atoms with Gasteiger partial charge in [0.2, 0.25) is 0 Å². The highest BCUT2D eigenvalue weighted by Crippen LogP contribution is 2.26. The Hall–Kier alpha value is -1.31. The fourth-order valence-corrected chi connectivity index (χ4v) is 1.27. The summed E-state index contributed by atoms with van der Waals surface area (Å²) in [6.07, 6.45) is 8.94. The molecule has 0 spiro atoms. The number of rotatable bonds is 4. The van der Waals surface area contributed by atoms with Gasteiger partial charge < -0.3 is 5.32 Å². The van der Waals surface area contributed by atoms with Gasteiger partial charge in [-0.2, -0.15) is 6.42 Å². The van der Waals surface area contributed by atoms with E-state index < -0.39 is 0 Å². The molecule has 0 aromatic carbocycles. The van der Waals surface area contributed by atoms with E-state index in [4.69, 9.17) is 0 Å². The van der Waals surface area contributed by atoms with Gasteiger partial charge in [0, 0.05) is 0 Å². The highest BCUT2D eigenvalue weighted by molar-refractivity contribution is 5.49. The minimum Gasteiger partial charge on any atom is -0.413 e. The van der Waals surface area contributed by atoms with E-state index in [-0.39, 0.29) is 0 Å². The zero-order chi connectivity index (χ0) is 8.81. The molecule has 0 aliphatic heterocycles. The summed E-state index contributed by atoms with van der Waals surface area (Å²) >= 11 is 0. The third-order valence-corrected chi connectivity index (χ3v) is 1.90. The Bertz CT molecular complexity index is 216. The van der Waals surface area contributed by atoms with Gasteiger partial charge in [-0.05, 0) is 0 Å². The monoisotopic (exact) mass is 163 g/mol. The molecule has 1 rings (SSSR count). The van der Waals surface area contributed by atoms with Crippen LogP contribution in [-0.2, 0) is 4.79 Å². The molecule has 1 aliphatic carbocycles. The van der Waals surface area contributed by atoms with Gasteiger partial charge >= 0.3 is 0 Å². The molecule has 12 heavy (non-hydrogen) atoms. The molecular formula is C10H13NO-2. The molecule has 1 aliphatic rings. The minimum atomic E-state index is 0.672. The average molecular weight is 163 g/mol. The van der Waals surface area contributed by atoms with Crippen LogP contribution in [0.5, 0.6) is 0 Å². The van der Waals surface area contributed by atoms with E-state index in [9.17, 15) is 4.79 Å². The van der Waals surface area contributed by atoms with Crippen LogP contribution < -0.4 is 5.32 Å². The summed E-state index contributed by atoms with van der Waals surface area (Å²) in [5.41, 5.74) is 2.66. The minimum absolute atomic E-state index is 0.672. The van der Waals surface area contributed by atoms with Crippen molar-refractivity contribution < 1.29 is 4.79 Å². The Morgan fingerprint density at radius 1 is 1.83 bits per heavy atom. The molecule has 0 aromatic heterocycles. The summed E-state index contributed by atoms with van der Waals surface area (Å²) in [5, 5.41) is 2.50. The Labute approximate surface area is 73.4 Å². The summed E-state index contributed by atoms with van der Waals surface area (Å²) in [7, 11) is 0. The fraction of sp³-hybridized carbons (Fsp3) is 0.300. The van der Waals surface area contributed by atoms with Crippen molar-refractivity contribution in [3.8, 4) is 0 Å². The standard InChI is InChI=1S/C10H13NO/c1-2-9-4-3-5-10(9)6-7-11-8-12/h3-4,6-8H,2,5H2,1H3,(H,11,12)/q-2. The van der Waals surface area contributed by atoms with Crippen molar-refractivity contribution in [2.75, 3.05) is 0 Å². The van der Waals surface area contributed by atoms with Gasteiger partial charge in [0.25, 0.3) is 0 Å². The van der Waals surface area contributed by atoms with Crippen molar-refractivity contribution in [1.82, 2.24) is 5.32 Å². The number of hydrogen-bond donors (Lipinski definition) is 1. The maximum absolute atomic E-state index is 9.94. The first kappa shape index (κ1) is 8.78. The topological polar surface area (TPSA) is 29.1 Å². The lowest BCUT2D eigenvalue weighted by Gasteiger charge is -2.19. The third-order valence-electron chi connectivity index (χ3n) is 1.90. The van der Waals surface area contributed by atoms with Gasteiger partial charge in [-0.3, -0.25) is 15.9 Å². The molecule has 0 fully saturated rings. The highest BCUT2D eigenvalue weighted by atomic mass is 16.1. The first-order chi connectivity index (χ1) is 5.88. The van der Waals surface area contributed by atoms with E-state index in [0.717, 1.165) is 12.8 Å². The molecule has 0 unspecified atom stereocenters. The molecular weight excluding hydrogens is 150 g/mol. The van der Waals surface area contributed by atoms with Crippen LogP contribution in [0.4, 0.5) is 0 Å². The van der Waals surface area contributed by atoms with E-state index >= 15 is 0 Å². The second-order valence-electron chi connectivity index (χ2n) is 2.63. The summed E-state index contributed by atoms with van der Waals surface area (Å²) in [6.45, 7) is 3.80. The second kappa shape index (κ2) is 4.54. The number of nitrogens with one attached hydrogen (secondary N) is 1. The van der Waals surface area contributed by atoms with E-state index in [1.165, 1.54) is 11.1 Å². The van der Waals surface area contributed by atoms with Gasteiger partial charge in [-0.1, -0.05) is 6.92 Å². The molecule has 66 valence electrons. The molecule has 1 amide bonds. The summed E-state index contributed by atoms with van der Waals surface area (Å²) in [6, 6.07) is 0. The third kappa shape index (κ3) is 2.09. The predicted octanol–water partition coefficient (Wildman–Crippen LogP) is 1.76. The van der Waals surface area contributed by atoms with Crippen molar-refractivity contribution in [3.05, 3.63) is 36.3 Å². The molecule has 0 atom stereocenters. The molecule has 0 saturated heterocycles. The molecule has 2 heteroatoms. The normalized spacial score (nSPS) is 18.4. The fourth-order valence-electron chi connectivity index (χ4n) is 1.27. The van der Waals surface area contributed by atoms with Crippen LogP contribution in [0.1, 0.15) is 19.8 Å². The second-order valence-corrected chi connectivity index (χ2v) is 2.63. The van der Waals surface area contributed by atoms with E-state index in [0.29, 0.717) is 6.41 Å². The van der Waals surface area contributed by atoms with E-state index in [2.05, 4.69) is 24.7 Å². The largest absolute Gasteiger partial charge is 0.413 e. The molecule has 2 nitrogen and oxygen atoms in total. The van der Waals surface area contributed by atoms with Crippen molar-refractivity contribution >= 4 is 6.41 Å². The van der Waals surface area contributed by atoms with E-state index in [1.807, 2.05) is 6.08 Å². The molecule has 0 heterocycles. The molecule has 1 N–H and O–H groups in total. The smallest absolute Gasteiger partial charge is 0.195 e. The SMILES string of the molecule is CCC1=C[CH-]CC1=C[CH-]NC=O. The van der Waals surface area contributed by atoms with Crippen LogP contribution in [0, 0.1) is 13.0 Å². The quantitative estimate of drug-likeness (QED) is 0.382. The van der Waals surface area contributed by atoms with Crippen molar-refractivity contribution in [2.45, 2.75) is 19.8 Å². The van der Waals surface area contributed by atoms with Gasteiger partial charge in [-0.15, -0.1) is 13.0 Å². The Morgan fingerprint density at radius 2 is 2.67 bits per heavy atom. The maximum atomic E-state index is 9.94. The lowest BCUT2D eigenvalue weighted by Crippen LogP contribution is -2.04. The van der Waals surface area contributed by atoms with E-state index in [1.54, 1.807) is 6.54 Å². The molecule has 0 radical (unpaired) electrons. The number of allylic oxidation sites excluding steroid dienone is 3. The highest BCUT2D eigenvalue weighted by Gasteiger charge is 1.89. The predicted molar refractivity (Wildman–Crippen MR) is 48.9 cm³/mol. The Morgan fingerprint density at radius 3 is 3.33 bits per heavy atom. The first-order valence-corrected chi connectivity index (χ1v) is 4.13. The Balaban J connectivity index is 2.45. The van der Waals surface area contributed by atoms with Crippen LogP contribution in [0.2, 0.25) is 0 Å². The van der Waals surface area contributed by atoms with Gasteiger partial charge in [0.15, 0.2) is 6.41 Å². The van der Waals surface area contributed by atoms with Crippen LogP contribution >= 0.6 is 0 Å². The number of carbonyl (C=O) groups excluding carboxylic acids is 1. The van der Waals surface area contributed by atoms with Crippen molar-refractivity contribution in [2.24, 2.45) is 0 Å². The van der Waals surface area contributed by atoms with Crippen molar-refractivity contribution in [1.29, 1.82) is 0 Å². The maximum Gasteiger partial charge on any atom is 0.195 e. The summed E-state index contributed by atoms with van der Waals surface area (Å²) in [4.78, 5) is 9.94. The van der Waals surface area contributed by atoms with Gasteiger partial charge in [-0.25, -0.2) is 18.6 Å². The molecule has 0 saturated carbocycles. The summed E-state index contributed by atoms with van der Waals surface area (Å²) in [5.74, 6) is 0. The zero-order valence-electron chi connectivity index (χ0n) is 7.21. The molecule has 0 aromatic rings. The lowest BCUT2D eigenvalue weighted by atomic mass is 10.1. The number of carbonyl (C=O) groups is 1. The van der Waals surface area contributed by atoms with Gasteiger partial charge in [0.05, 0.1) is 0 Å².